The van der Waals surface area contributed by atoms with Crippen LogP contribution >= 0.6 is 23.2 Å². The Morgan fingerprint density at radius 3 is 2.89 bits per heavy atom. The molecule has 1 atom stereocenters. The Morgan fingerprint density at radius 1 is 1.44 bits per heavy atom. The maximum absolute atomic E-state index is 9.44. The molecule has 0 amide bonds. The van der Waals surface area contributed by atoms with Crippen LogP contribution in [0.3, 0.4) is 0 Å². The van der Waals surface area contributed by atoms with Crippen LogP contribution in [-0.2, 0) is 0 Å². The van der Waals surface area contributed by atoms with Gasteiger partial charge in [-0.15, -0.1) is 0 Å². The number of nitrogens with one attached hydrogen (secondary N) is 1. The molecule has 2 heterocycles. The van der Waals surface area contributed by atoms with Gasteiger partial charge in [0.15, 0.2) is 0 Å². The lowest BCUT2D eigenvalue weighted by molar-refractivity contribution is 0.239. The first-order chi connectivity index (χ1) is 8.67. The smallest absolute Gasteiger partial charge is 0.150 e. The van der Waals surface area contributed by atoms with E-state index in [1.807, 2.05) is 0 Å². The predicted molar refractivity (Wildman–Crippen MR) is 75.9 cm³/mol. The van der Waals surface area contributed by atoms with Crippen molar-refractivity contribution in [2.24, 2.45) is 0 Å². The quantitative estimate of drug-likeness (QED) is 0.898. The summed E-state index contributed by atoms with van der Waals surface area (Å²) in [4.78, 5) is 6.52. The Kier molecular flexibility index (Phi) is 4.54. The zero-order chi connectivity index (χ0) is 13.1. The summed E-state index contributed by atoms with van der Waals surface area (Å²) < 4.78 is 0. The molecule has 1 aliphatic rings. The Labute approximate surface area is 117 Å². The van der Waals surface area contributed by atoms with Gasteiger partial charge in [-0.05, 0) is 25.3 Å². The third-order valence-corrected chi connectivity index (χ3v) is 3.82. The van der Waals surface area contributed by atoms with E-state index in [9.17, 15) is 5.11 Å². The van der Waals surface area contributed by atoms with Gasteiger partial charge in [-0.3, -0.25) is 0 Å². The molecule has 1 unspecified atom stereocenters. The van der Waals surface area contributed by atoms with Gasteiger partial charge in [-0.25, -0.2) is 4.98 Å². The van der Waals surface area contributed by atoms with Gasteiger partial charge in [0.05, 0.1) is 22.7 Å². The summed E-state index contributed by atoms with van der Waals surface area (Å²) >= 11 is 12.2. The Bertz CT molecular complexity index is 428. The van der Waals surface area contributed by atoms with Crippen molar-refractivity contribution < 1.29 is 5.11 Å². The molecule has 2 N–H and O–H groups in total. The zero-order valence-corrected chi connectivity index (χ0v) is 11.8. The van der Waals surface area contributed by atoms with E-state index in [-0.39, 0.29) is 12.6 Å². The van der Waals surface area contributed by atoms with Gasteiger partial charge in [0.25, 0.3) is 0 Å². The lowest BCUT2D eigenvalue weighted by Crippen LogP contribution is -2.42. The molecule has 6 heteroatoms. The Morgan fingerprint density at radius 2 is 2.22 bits per heavy atom. The first kappa shape index (κ1) is 13.7. The molecular weight excluding hydrogens is 273 g/mol. The SMILES string of the molecule is CNc1nc(N2CCCCC2CO)c(Cl)cc1Cl. The van der Waals surface area contributed by atoms with E-state index in [0.29, 0.717) is 21.7 Å². The second kappa shape index (κ2) is 5.95. The normalized spacial score (nSPS) is 20.0. The van der Waals surface area contributed by atoms with E-state index in [1.54, 1.807) is 13.1 Å². The molecule has 0 aromatic carbocycles. The van der Waals surface area contributed by atoms with Gasteiger partial charge in [0.2, 0.25) is 0 Å². The number of nitrogens with zero attached hydrogens (tertiary/aromatic N) is 2. The Hall–Kier alpha value is -0.710. The van der Waals surface area contributed by atoms with Gasteiger partial charge in [0.1, 0.15) is 11.6 Å². The van der Waals surface area contributed by atoms with Crippen LogP contribution in [0.25, 0.3) is 0 Å². The summed E-state index contributed by atoms with van der Waals surface area (Å²) in [7, 11) is 1.77. The number of rotatable bonds is 3. The van der Waals surface area contributed by atoms with E-state index in [4.69, 9.17) is 23.2 Å². The molecule has 0 bridgehead atoms. The van der Waals surface area contributed by atoms with Crippen molar-refractivity contribution in [3.8, 4) is 0 Å². The minimum absolute atomic E-state index is 0.0923. The fourth-order valence-electron chi connectivity index (χ4n) is 2.30. The molecule has 1 aromatic heterocycles. The summed E-state index contributed by atoms with van der Waals surface area (Å²) in [5.41, 5.74) is 0. The molecular formula is C12H17Cl2N3O. The van der Waals surface area contributed by atoms with E-state index in [0.717, 1.165) is 25.8 Å². The van der Waals surface area contributed by atoms with Gasteiger partial charge >= 0.3 is 0 Å². The van der Waals surface area contributed by atoms with Crippen molar-refractivity contribution in [2.45, 2.75) is 25.3 Å². The van der Waals surface area contributed by atoms with E-state index < -0.39 is 0 Å². The standard InChI is InChI=1S/C12H17Cl2N3O/c1-15-11-9(13)6-10(14)12(16-11)17-5-3-2-4-8(17)7-18/h6,8,18H,2-5,7H2,1H3,(H,15,16). The lowest BCUT2D eigenvalue weighted by Gasteiger charge is -2.36. The summed E-state index contributed by atoms with van der Waals surface area (Å²) in [5.74, 6) is 1.31. The zero-order valence-electron chi connectivity index (χ0n) is 10.3. The number of pyridine rings is 1. The summed E-state index contributed by atoms with van der Waals surface area (Å²) in [6.45, 7) is 0.984. The van der Waals surface area contributed by atoms with Crippen molar-refractivity contribution >= 4 is 34.8 Å². The Balaban J connectivity index is 2.36. The molecule has 0 aliphatic carbocycles. The van der Waals surface area contributed by atoms with Crippen molar-refractivity contribution in [1.29, 1.82) is 0 Å². The topological polar surface area (TPSA) is 48.4 Å². The van der Waals surface area contributed by atoms with Crippen LogP contribution in [0, 0.1) is 0 Å². The van der Waals surface area contributed by atoms with E-state index in [2.05, 4.69) is 15.2 Å². The molecule has 0 saturated carbocycles. The number of hydrogen-bond acceptors (Lipinski definition) is 4. The van der Waals surface area contributed by atoms with Crippen molar-refractivity contribution in [2.75, 3.05) is 30.4 Å². The number of piperidine rings is 1. The first-order valence-corrected chi connectivity index (χ1v) is 6.84. The van der Waals surface area contributed by atoms with Crippen LogP contribution < -0.4 is 10.2 Å². The number of halogens is 2. The summed E-state index contributed by atoms with van der Waals surface area (Å²) in [6.07, 6.45) is 3.18. The third-order valence-electron chi connectivity index (χ3n) is 3.26. The molecule has 0 radical (unpaired) electrons. The van der Waals surface area contributed by atoms with Crippen molar-refractivity contribution in [3.63, 3.8) is 0 Å². The highest BCUT2D eigenvalue weighted by molar-refractivity contribution is 6.37. The molecule has 0 spiro atoms. The molecule has 4 nitrogen and oxygen atoms in total. The highest BCUT2D eigenvalue weighted by atomic mass is 35.5. The van der Waals surface area contributed by atoms with Gasteiger partial charge in [-0.2, -0.15) is 0 Å². The van der Waals surface area contributed by atoms with Gasteiger partial charge < -0.3 is 15.3 Å². The van der Waals surface area contributed by atoms with E-state index >= 15 is 0 Å². The average molecular weight is 290 g/mol. The molecule has 1 aliphatic heterocycles. The predicted octanol–water partition coefficient (Wildman–Crippen LogP) is 2.78. The lowest BCUT2D eigenvalue weighted by atomic mass is 10.0. The highest BCUT2D eigenvalue weighted by Crippen LogP contribution is 2.34. The average Bonchev–Trinajstić information content (AvgIpc) is 2.39. The fraction of sp³-hybridized carbons (Fsp3) is 0.583. The molecule has 18 heavy (non-hydrogen) atoms. The maximum Gasteiger partial charge on any atom is 0.150 e. The summed E-state index contributed by atoms with van der Waals surface area (Å²) in [6, 6.07) is 1.79. The van der Waals surface area contributed by atoms with Crippen LogP contribution in [0.4, 0.5) is 11.6 Å². The first-order valence-electron chi connectivity index (χ1n) is 6.08. The maximum atomic E-state index is 9.44. The number of aromatic nitrogens is 1. The second-order valence-electron chi connectivity index (χ2n) is 4.40. The van der Waals surface area contributed by atoms with Crippen LogP contribution in [0.2, 0.25) is 10.0 Å². The molecule has 2 rings (SSSR count). The number of aliphatic hydroxyl groups excluding tert-OH is 1. The van der Waals surface area contributed by atoms with Crippen LogP contribution in [-0.4, -0.2) is 36.3 Å². The number of hydrogen-bond donors (Lipinski definition) is 2. The monoisotopic (exact) mass is 289 g/mol. The van der Waals surface area contributed by atoms with Crippen molar-refractivity contribution in [1.82, 2.24) is 4.98 Å². The minimum Gasteiger partial charge on any atom is -0.394 e. The molecule has 1 fully saturated rings. The molecule has 100 valence electrons. The van der Waals surface area contributed by atoms with Gasteiger partial charge in [-0.1, -0.05) is 23.2 Å². The van der Waals surface area contributed by atoms with Crippen molar-refractivity contribution in [3.05, 3.63) is 16.1 Å². The molecule has 1 aromatic rings. The summed E-state index contributed by atoms with van der Waals surface area (Å²) in [5, 5.41) is 13.4. The molecule has 1 saturated heterocycles. The highest BCUT2D eigenvalue weighted by Gasteiger charge is 2.25. The number of aliphatic hydroxyl groups is 1. The van der Waals surface area contributed by atoms with Crippen LogP contribution in [0.5, 0.6) is 0 Å². The van der Waals surface area contributed by atoms with E-state index in [1.165, 1.54) is 0 Å². The van der Waals surface area contributed by atoms with Gasteiger partial charge in [0, 0.05) is 13.6 Å². The third kappa shape index (κ3) is 2.66. The minimum atomic E-state index is 0.0923. The largest absolute Gasteiger partial charge is 0.394 e. The second-order valence-corrected chi connectivity index (χ2v) is 5.21. The van der Waals surface area contributed by atoms with Crippen LogP contribution in [0.15, 0.2) is 6.07 Å². The fourth-order valence-corrected chi connectivity index (χ4v) is 2.86. The van der Waals surface area contributed by atoms with Crippen LogP contribution in [0.1, 0.15) is 19.3 Å². The number of anilines is 2.